The van der Waals surface area contributed by atoms with Crippen LogP contribution in [0.3, 0.4) is 0 Å². The minimum Gasteiger partial charge on any atom is -0.388 e. The molecule has 1 unspecified atom stereocenters. The third-order valence-corrected chi connectivity index (χ3v) is 6.80. The minimum atomic E-state index is -0.454. The summed E-state index contributed by atoms with van der Waals surface area (Å²) in [5.41, 5.74) is 6.17. The molecule has 0 bridgehead atoms. The highest BCUT2D eigenvalue weighted by Crippen LogP contribution is 2.31. The van der Waals surface area contributed by atoms with E-state index in [1.165, 1.54) is 5.56 Å². The molecular formula is C25H32N4O2. The lowest BCUT2D eigenvalue weighted by Crippen LogP contribution is -2.39. The summed E-state index contributed by atoms with van der Waals surface area (Å²) in [4.78, 5) is 19.6. The van der Waals surface area contributed by atoms with Crippen LogP contribution in [0, 0.1) is 26.7 Å². The topological polar surface area (TPSA) is 71.2 Å². The summed E-state index contributed by atoms with van der Waals surface area (Å²) in [6.45, 7) is 7.57. The monoisotopic (exact) mass is 420 g/mol. The van der Waals surface area contributed by atoms with E-state index >= 15 is 0 Å². The Labute approximate surface area is 183 Å². The summed E-state index contributed by atoms with van der Waals surface area (Å²) in [6, 6.07) is 9.83. The van der Waals surface area contributed by atoms with Gasteiger partial charge in [-0.1, -0.05) is 30.3 Å². The van der Waals surface area contributed by atoms with Gasteiger partial charge in [0.05, 0.1) is 11.8 Å². The Morgan fingerprint density at radius 1 is 1.13 bits per heavy atom. The van der Waals surface area contributed by atoms with Crippen molar-refractivity contribution in [1.29, 1.82) is 0 Å². The smallest absolute Gasteiger partial charge is 0.222 e. The molecule has 0 spiro atoms. The van der Waals surface area contributed by atoms with Crippen molar-refractivity contribution in [2.75, 3.05) is 13.1 Å². The third kappa shape index (κ3) is 4.22. The van der Waals surface area contributed by atoms with Crippen molar-refractivity contribution in [3.05, 3.63) is 58.4 Å². The van der Waals surface area contributed by atoms with Crippen molar-refractivity contribution in [2.24, 2.45) is 13.0 Å². The molecule has 3 aromatic rings. The molecule has 1 aromatic carbocycles. The molecule has 2 aromatic heterocycles. The summed E-state index contributed by atoms with van der Waals surface area (Å²) in [6.07, 6.45) is 2.40. The van der Waals surface area contributed by atoms with E-state index in [2.05, 4.69) is 12.0 Å². The Morgan fingerprint density at radius 2 is 1.81 bits per heavy atom. The maximum absolute atomic E-state index is 12.9. The zero-order chi connectivity index (χ0) is 22.1. The van der Waals surface area contributed by atoms with Crippen LogP contribution >= 0.6 is 0 Å². The van der Waals surface area contributed by atoms with Gasteiger partial charge in [0.25, 0.3) is 0 Å². The molecule has 1 aliphatic heterocycles. The Hall–Kier alpha value is -2.73. The van der Waals surface area contributed by atoms with Gasteiger partial charge in [-0.15, -0.1) is 0 Å². The van der Waals surface area contributed by atoms with Crippen molar-refractivity contribution < 1.29 is 9.90 Å². The summed E-state index contributed by atoms with van der Waals surface area (Å²) >= 11 is 0. The van der Waals surface area contributed by atoms with Gasteiger partial charge in [0.15, 0.2) is 5.65 Å². The highest BCUT2D eigenvalue weighted by Gasteiger charge is 2.28. The molecular weight excluding hydrogens is 388 g/mol. The van der Waals surface area contributed by atoms with Gasteiger partial charge in [-0.25, -0.2) is 4.98 Å². The van der Waals surface area contributed by atoms with Gasteiger partial charge in [-0.2, -0.15) is 5.10 Å². The van der Waals surface area contributed by atoms with Crippen molar-refractivity contribution in [3.63, 3.8) is 0 Å². The molecule has 1 N–H and O–H groups in total. The quantitative estimate of drug-likeness (QED) is 0.682. The fourth-order valence-corrected chi connectivity index (χ4v) is 5.01. The number of piperidine rings is 1. The molecule has 1 fully saturated rings. The average molecular weight is 421 g/mol. The highest BCUT2D eigenvalue weighted by atomic mass is 16.3. The molecule has 4 rings (SSSR count). The Morgan fingerprint density at radius 3 is 2.48 bits per heavy atom. The second-order valence-corrected chi connectivity index (χ2v) is 8.78. The molecule has 6 nitrogen and oxygen atoms in total. The maximum Gasteiger partial charge on any atom is 0.222 e. The second-order valence-electron chi connectivity index (χ2n) is 8.78. The number of carbonyl (C=O) groups is 1. The summed E-state index contributed by atoms with van der Waals surface area (Å²) in [5, 5.41) is 16.3. The van der Waals surface area contributed by atoms with Crippen molar-refractivity contribution in [3.8, 4) is 0 Å². The molecule has 1 saturated heterocycles. The molecule has 164 valence electrons. The number of hydrogen-bond donors (Lipinski definition) is 1. The molecule has 1 amide bonds. The van der Waals surface area contributed by atoms with Gasteiger partial charge < -0.3 is 10.0 Å². The van der Waals surface area contributed by atoms with Gasteiger partial charge in [0.2, 0.25) is 5.91 Å². The molecule has 0 radical (unpaired) electrons. The zero-order valence-electron chi connectivity index (χ0n) is 18.9. The lowest BCUT2D eigenvalue weighted by Gasteiger charge is -2.34. The summed E-state index contributed by atoms with van der Waals surface area (Å²) in [5.74, 6) is 0.394. The van der Waals surface area contributed by atoms with E-state index in [-0.39, 0.29) is 11.8 Å². The van der Waals surface area contributed by atoms with Gasteiger partial charge in [-0.3, -0.25) is 9.48 Å². The van der Waals surface area contributed by atoms with Gasteiger partial charge in [0, 0.05) is 37.6 Å². The first kappa shape index (κ1) is 21.5. The number of aliphatic hydroxyl groups excluding tert-OH is 1. The van der Waals surface area contributed by atoms with Crippen LogP contribution in [0.5, 0.6) is 0 Å². The van der Waals surface area contributed by atoms with Gasteiger partial charge >= 0.3 is 0 Å². The zero-order valence-corrected chi connectivity index (χ0v) is 18.9. The highest BCUT2D eigenvalue weighted by molar-refractivity contribution is 5.84. The number of carbonyl (C=O) groups excluding carboxylic acids is 1. The second kappa shape index (κ2) is 8.79. The standard InChI is InChI=1S/C25H32N4O2/c1-16-21(17(2)26-25-23(16)18(3)27-28(25)4)10-11-22(30)29-14-12-20(13-15-29)24(31)19-8-6-5-7-9-19/h5-9,20,24,31H,10-15H2,1-4H3. The van der Waals surface area contributed by atoms with Crippen LogP contribution in [0.25, 0.3) is 11.0 Å². The first-order chi connectivity index (χ1) is 14.9. The van der Waals surface area contributed by atoms with E-state index in [0.717, 1.165) is 46.4 Å². The molecule has 0 aliphatic carbocycles. The molecule has 6 heteroatoms. The number of amides is 1. The van der Waals surface area contributed by atoms with Gasteiger partial charge in [0.1, 0.15) is 0 Å². The van der Waals surface area contributed by atoms with Crippen molar-refractivity contribution >= 4 is 16.9 Å². The van der Waals surface area contributed by atoms with E-state index in [1.54, 1.807) is 0 Å². The average Bonchev–Trinajstić information content (AvgIpc) is 3.06. The third-order valence-electron chi connectivity index (χ3n) is 6.80. The SMILES string of the molecule is Cc1nc2c(c(C)nn2C)c(C)c1CCC(=O)N1CCC(C(O)c2ccccc2)CC1. The van der Waals surface area contributed by atoms with Crippen LogP contribution in [-0.2, 0) is 18.3 Å². The molecule has 1 aliphatic rings. The van der Waals surface area contributed by atoms with Gasteiger partial charge in [-0.05, 0) is 62.6 Å². The van der Waals surface area contributed by atoms with Crippen LogP contribution in [-0.4, -0.2) is 43.8 Å². The van der Waals surface area contributed by atoms with Crippen molar-refractivity contribution in [2.45, 2.75) is 52.6 Å². The predicted octanol–water partition coefficient (Wildman–Crippen LogP) is 3.80. The minimum absolute atomic E-state index is 0.189. The molecule has 1 atom stereocenters. The number of likely N-dealkylation sites (tertiary alicyclic amines) is 1. The lowest BCUT2D eigenvalue weighted by molar-refractivity contribution is -0.133. The number of benzene rings is 1. The van der Waals surface area contributed by atoms with Crippen LogP contribution in [0.2, 0.25) is 0 Å². The van der Waals surface area contributed by atoms with E-state index < -0.39 is 6.10 Å². The number of fused-ring (bicyclic) bond motifs is 1. The Balaban J connectivity index is 1.37. The van der Waals surface area contributed by atoms with E-state index in [1.807, 2.05) is 60.8 Å². The number of hydrogen-bond acceptors (Lipinski definition) is 4. The Bertz CT molecular complexity index is 1080. The maximum atomic E-state index is 12.9. The summed E-state index contributed by atoms with van der Waals surface area (Å²) < 4.78 is 1.83. The van der Waals surface area contributed by atoms with Crippen LogP contribution in [0.4, 0.5) is 0 Å². The van der Waals surface area contributed by atoms with Crippen LogP contribution < -0.4 is 0 Å². The Kier molecular flexibility index (Phi) is 6.10. The largest absolute Gasteiger partial charge is 0.388 e. The normalized spacial score (nSPS) is 16.1. The lowest BCUT2D eigenvalue weighted by atomic mass is 9.87. The first-order valence-electron chi connectivity index (χ1n) is 11.2. The number of aromatic nitrogens is 3. The first-order valence-corrected chi connectivity index (χ1v) is 11.2. The van der Waals surface area contributed by atoms with Crippen LogP contribution in [0.1, 0.15) is 53.4 Å². The number of aliphatic hydroxyl groups is 1. The molecule has 3 heterocycles. The van der Waals surface area contributed by atoms with E-state index in [0.29, 0.717) is 25.9 Å². The fourth-order valence-electron chi connectivity index (χ4n) is 5.01. The predicted molar refractivity (Wildman–Crippen MR) is 122 cm³/mol. The molecule has 31 heavy (non-hydrogen) atoms. The fraction of sp³-hybridized carbons (Fsp3) is 0.480. The van der Waals surface area contributed by atoms with Crippen molar-refractivity contribution in [1.82, 2.24) is 19.7 Å². The van der Waals surface area contributed by atoms with E-state index in [4.69, 9.17) is 4.98 Å². The van der Waals surface area contributed by atoms with Crippen LogP contribution in [0.15, 0.2) is 30.3 Å². The number of aryl methyl sites for hydroxylation is 4. The number of nitrogens with zero attached hydrogens (tertiary/aromatic N) is 4. The van der Waals surface area contributed by atoms with E-state index in [9.17, 15) is 9.90 Å². The molecule has 0 saturated carbocycles. The number of pyridine rings is 1. The number of rotatable bonds is 5. The summed E-state index contributed by atoms with van der Waals surface area (Å²) in [7, 11) is 1.92.